The van der Waals surface area contributed by atoms with Crippen LogP contribution in [0.5, 0.6) is 0 Å². The van der Waals surface area contributed by atoms with Crippen LogP contribution in [0.3, 0.4) is 0 Å². The molecule has 1 fully saturated rings. The smallest absolute Gasteiger partial charge is 0.147 e. The molecule has 2 N–H and O–H groups in total. The molecular formula is C13H21FN2O. The molecule has 0 aromatic carbocycles. The highest BCUT2D eigenvalue weighted by atomic mass is 19.1. The Morgan fingerprint density at radius 1 is 1.24 bits per heavy atom. The van der Waals surface area contributed by atoms with Gasteiger partial charge in [-0.3, -0.25) is 0 Å². The van der Waals surface area contributed by atoms with Crippen molar-refractivity contribution in [2.45, 2.75) is 39.2 Å². The van der Waals surface area contributed by atoms with E-state index in [1.54, 1.807) is 6.08 Å². The Labute approximate surface area is 102 Å². The van der Waals surface area contributed by atoms with Gasteiger partial charge in [0.05, 0.1) is 12.2 Å². The Morgan fingerprint density at radius 2 is 1.82 bits per heavy atom. The average Bonchev–Trinajstić information content (AvgIpc) is 2.24. The predicted octanol–water partition coefficient (Wildman–Crippen LogP) is 1.81. The lowest BCUT2D eigenvalue weighted by Crippen LogP contribution is -2.47. The molecule has 4 atom stereocenters. The summed E-state index contributed by atoms with van der Waals surface area (Å²) in [4.78, 5) is 2.22. The molecule has 1 saturated heterocycles. The summed E-state index contributed by atoms with van der Waals surface area (Å²) in [6.45, 7) is 7.63. The molecule has 1 heterocycles. The number of halogens is 1. The van der Waals surface area contributed by atoms with E-state index in [0.29, 0.717) is 5.70 Å². The summed E-state index contributed by atoms with van der Waals surface area (Å²) in [6.07, 6.45) is 2.94. The fourth-order valence-corrected chi connectivity index (χ4v) is 2.65. The van der Waals surface area contributed by atoms with Crippen molar-refractivity contribution < 1.29 is 9.13 Å². The lowest BCUT2D eigenvalue weighted by molar-refractivity contribution is -0.0613. The summed E-state index contributed by atoms with van der Waals surface area (Å²) < 4.78 is 19.6. The minimum Gasteiger partial charge on any atom is -0.400 e. The van der Waals surface area contributed by atoms with Crippen LogP contribution in [-0.4, -0.2) is 36.4 Å². The molecule has 0 saturated carbocycles. The molecule has 17 heavy (non-hydrogen) atoms. The zero-order valence-corrected chi connectivity index (χ0v) is 10.7. The normalized spacial score (nSPS) is 38.7. The molecule has 0 radical (unpaired) electrons. The van der Waals surface area contributed by atoms with Crippen molar-refractivity contribution >= 4 is 0 Å². The first kappa shape index (κ1) is 12.4. The minimum absolute atomic E-state index is 0.169. The van der Waals surface area contributed by atoms with Gasteiger partial charge in [0.2, 0.25) is 0 Å². The third-order valence-electron chi connectivity index (χ3n) is 3.46. The third kappa shape index (κ3) is 2.46. The van der Waals surface area contributed by atoms with Crippen LogP contribution in [-0.2, 0) is 4.74 Å². The first-order valence-corrected chi connectivity index (χ1v) is 6.20. The standard InChI is InChI=1S/C13H21FN2O/c1-8-6-16(7-9(2)17-8)12-5-4-11(15)13(14)10(12)3/h4-5,8-10,13H,6-7,15H2,1-3H3. The van der Waals surface area contributed by atoms with Crippen molar-refractivity contribution in [3.63, 3.8) is 0 Å². The van der Waals surface area contributed by atoms with Gasteiger partial charge < -0.3 is 15.4 Å². The highest BCUT2D eigenvalue weighted by molar-refractivity contribution is 5.28. The van der Waals surface area contributed by atoms with E-state index in [9.17, 15) is 4.39 Å². The van der Waals surface area contributed by atoms with Gasteiger partial charge in [0.1, 0.15) is 6.17 Å². The lowest BCUT2D eigenvalue weighted by Gasteiger charge is -2.41. The quantitative estimate of drug-likeness (QED) is 0.759. The van der Waals surface area contributed by atoms with Gasteiger partial charge in [0.25, 0.3) is 0 Å². The third-order valence-corrected chi connectivity index (χ3v) is 3.46. The molecule has 1 aliphatic heterocycles. The molecule has 0 amide bonds. The number of morpholine rings is 1. The van der Waals surface area contributed by atoms with E-state index in [2.05, 4.69) is 4.90 Å². The number of hydrogen-bond acceptors (Lipinski definition) is 3. The zero-order chi connectivity index (χ0) is 12.6. The molecule has 4 unspecified atom stereocenters. The van der Waals surface area contributed by atoms with Crippen LogP contribution in [0.2, 0.25) is 0 Å². The molecule has 0 spiro atoms. The summed E-state index contributed by atoms with van der Waals surface area (Å²) in [7, 11) is 0. The van der Waals surface area contributed by atoms with Crippen LogP contribution < -0.4 is 5.73 Å². The lowest BCUT2D eigenvalue weighted by atomic mass is 9.93. The van der Waals surface area contributed by atoms with E-state index in [0.717, 1.165) is 18.8 Å². The van der Waals surface area contributed by atoms with Gasteiger partial charge in [-0.05, 0) is 26.0 Å². The van der Waals surface area contributed by atoms with Crippen LogP contribution in [0, 0.1) is 5.92 Å². The summed E-state index contributed by atoms with van der Waals surface area (Å²) in [5.74, 6) is -0.169. The number of allylic oxidation sites excluding steroid dienone is 4. The summed E-state index contributed by atoms with van der Waals surface area (Å²) in [6, 6.07) is 0. The summed E-state index contributed by atoms with van der Waals surface area (Å²) in [5, 5.41) is 0. The zero-order valence-electron chi connectivity index (χ0n) is 10.7. The molecule has 3 nitrogen and oxygen atoms in total. The van der Waals surface area contributed by atoms with Crippen LogP contribution in [0.1, 0.15) is 20.8 Å². The van der Waals surface area contributed by atoms with E-state index in [1.807, 2.05) is 26.8 Å². The van der Waals surface area contributed by atoms with Crippen molar-refractivity contribution in [1.82, 2.24) is 4.90 Å². The van der Waals surface area contributed by atoms with Gasteiger partial charge in [-0.2, -0.15) is 0 Å². The first-order chi connectivity index (χ1) is 7.99. The van der Waals surface area contributed by atoms with Crippen molar-refractivity contribution in [2.75, 3.05) is 13.1 Å². The molecule has 0 aromatic heterocycles. The molecule has 2 rings (SSSR count). The van der Waals surface area contributed by atoms with E-state index >= 15 is 0 Å². The van der Waals surface area contributed by atoms with Gasteiger partial charge >= 0.3 is 0 Å². The molecule has 1 aliphatic carbocycles. The maximum atomic E-state index is 13.9. The molecule has 2 aliphatic rings. The van der Waals surface area contributed by atoms with Crippen LogP contribution in [0.4, 0.5) is 4.39 Å². The first-order valence-electron chi connectivity index (χ1n) is 6.20. The molecular weight excluding hydrogens is 219 g/mol. The molecule has 0 bridgehead atoms. The van der Waals surface area contributed by atoms with E-state index in [1.165, 1.54) is 0 Å². The Balaban J connectivity index is 2.16. The van der Waals surface area contributed by atoms with Crippen molar-refractivity contribution in [2.24, 2.45) is 11.7 Å². The van der Waals surface area contributed by atoms with Crippen molar-refractivity contribution in [1.29, 1.82) is 0 Å². The number of nitrogens with zero attached hydrogens (tertiary/aromatic N) is 1. The number of nitrogens with two attached hydrogens (primary N) is 1. The van der Waals surface area contributed by atoms with Gasteiger partial charge in [0, 0.05) is 30.4 Å². The van der Waals surface area contributed by atoms with E-state index < -0.39 is 6.17 Å². The summed E-state index contributed by atoms with van der Waals surface area (Å²) in [5.41, 5.74) is 6.98. The average molecular weight is 240 g/mol. The van der Waals surface area contributed by atoms with Crippen LogP contribution in [0.25, 0.3) is 0 Å². The maximum absolute atomic E-state index is 13.9. The van der Waals surface area contributed by atoms with Gasteiger partial charge in [-0.25, -0.2) is 4.39 Å². The highest BCUT2D eigenvalue weighted by Gasteiger charge is 2.32. The van der Waals surface area contributed by atoms with Gasteiger partial charge in [0.15, 0.2) is 0 Å². The maximum Gasteiger partial charge on any atom is 0.147 e. The minimum atomic E-state index is -1.07. The van der Waals surface area contributed by atoms with Gasteiger partial charge in [-0.15, -0.1) is 0 Å². The van der Waals surface area contributed by atoms with E-state index in [4.69, 9.17) is 10.5 Å². The number of hydrogen-bond donors (Lipinski definition) is 1. The van der Waals surface area contributed by atoms with Crippen molar-refractivity contribution in [3.05, 3.63) is 23.5 Å². The second-order valence-corrected chi connectivity index (χ2v) is 5.11. The fraction of sp³-hybridized carbons (Fsp3) is 0.692. The Morgan fingerprint density at radius 3 is 2.41 bits per heavy atom. The van der Waals surface area contributed by atoms with Crippen molar-refractivity contribution in [3.8, 4) is 0 Å². The summed E-state index contributed by atoms with van der Waals surface area (Å²) >= 11 is 0. The second kappa shape index (κ2) is 4.69. The second-order valence-electron chi connectivity index (χ2n) is 5.11. The fourth-order valence-electron chi connectivity index (χ4n) is 2.65. The van der Waals surface area contributed by atoms with Crippen LogP contribution in [0.15, 0.2) is 23.5 Å². The van der Waals surface area contributed by atoms with Gasteiger partial charge in [-0.1, -0.05) is 6.92 Å². The largest absolute Gasteiger partial charge is 0.400 e. The Bertz CT molecular complexity index is 343. The topological polar surface area (TPSA) is 38.5 Å². The molecule has 4 heteroatoms. The monoisotopic (exact) mass is 240 g/mol. The molecule has 0 aromatic rings. The predicted molar refractivity (Wildman–Crippen MR) is 66.0 cm³/mol. The molecule has 96 valence electrons. The SMILES string of the molecule is CC1CN(C2=CC=C(N)C(F)C2C)CC(C)O1. The van der Waals surface area contributed by atoms with E-state index in [-0.39, 0.29) is 18.1 Å². The van der Waals surface area contributed by atoms with Crippen LogP contribution >= 0.6 is 0 Å². The number of ether oxygens (including phenoxy) is 1. The Kier molecular flexibility index (Phi) is 3.43. The number of rotatable bonds is 1. The highest BCUT2D eigenvalue weighted by Crippen LogP contribution is 2.30. The number of alkyl halides is 1. The Hall–Kier alpha value is -1.03.